The third-order valence-electron chi connectivity index (χ3n) is 5.87. The summed E-state index contributed by atoms with van der Waals surface area (Å²) >= 11 is 1.15. The first-order valence-corrected chi connectivity index (χ1v) is 10.5. The average Bonchev–Trinajstić information content (AvgIpc) is 3.31. The van der Waals surface area contributed by atoms with Crippen molar-refractivity contribution in [1.82, 2.24) is 9.88 Å². The molecule has 1 aromatic heterocycles. The predicted molar refractivity (Wildman–Crippen MR) is 115 cm³/mol. The lowest BCUT2D eigenvalue weighted by Gasteiger charge is -2.39. The van der Waals surface area contributed by atoms with Gasteiger partial charge in [-0.1, -0.05) is 30.3 Å². The van der Waals surface area contributed by atoms with Crippen LogP contribution in [0.3, 0.4) is 0 Å². The highest BCUT2D eigenvalue weighted by molar-refractivity contribution is 8.18. The van der Waals surface area contributed by atoms with Crippen molar-refractivity contribution in [2.24, 2.45) is 4.99 Å². The van der Waals surface area contributed by atoms with Gasteiger partial charge >= 0.3 is 0 Å². The number of amides is 1. The van der Waals surface area contributed by atoms with E-state index in [0.717, 1.165) is 30.3 Å². The number of allylic oxidation sites excluding steroid dienone is 1. The molecule has 0 atom stereocenters. The monoisotopic (exact) mass is 408 g/mol. The molecule has 3 aliphatic heterocycles. The van der Waals surface area contributed by atoms with Gasteiger partial charge in [-0.15, -0.1) is 0 Å². The normalized spacial score (nSPS) is 24.0. The molecule has 0 saturated carbocycles. The first-order chi connectivity index (χ1) is 15.3. The Morgan fingerprint density at radius 2 is 2.07 bits per heavy atom. The highest BCUT2D eigenvalue weighted by atomic mass is 32.2. The maximum atomic E-state index is 12.8. The summed E-state index contributed by atoms with van der Waals surface area (Å²) in [5, 5.41) is 0.563. The highest BCUT2D eigenvalue weighted by Crippen LogP contribution is 2.45. The van der Waals surface area contributed by atoms with Crippen LogP contribution >= 0.6 is 11.8 Å². The van der Waals surface area contributed by atoms with Crippen molar-refractivity contribution < 1.29 is 13.6 Å². The number of aliphatic imine (C=N–C) groups is 1. The van der Waals surface area contributed by atoms with Crippen molar-refractivity contribution in [3.05, 3.63) is 69.9 Å². The molecule has 1 fully saturated rings. The first-order valence-electron chi connectivity index (χ1n) is 11.2. The van der Waals surface area contributed by atoms with Crippen LogP contribution in [0.1, 0.15) is 46.2 Å². The Labute approximate surface area is 179 Å². The van der Waals surface area contributed by atoms with Gasteiger partial charge in [-0.2, -0.15) is 4.99 Å². The number of fused-ring (bicyclic) bond motifs is 2. The Balaban J connectivity index is 1.38. The lowest BCUT2D eigenvalue weighted by molar-refractivity contribution is -0.113. The van der Waals surface area contributed by atoms with Gasteiger partial charge in [-0.25, -0.2) is 0 Å². The van der Waals surface area contributed by atoms with Gasteiger partial charge in [-0.3, -0.25) is 9.78 Å². The number of pyridine rings is 1. The van der Waals surface area contributed by atoms with Gasteiger partial charge in [0.1, 0.15) is 0 Å². The molecule has 0 N–H and O–H groups in total. The van der Waals surface area contributed by atoms with Crippen LogP contribution in [-0.2, 0) is 21.7 Å². The Bertz CT molecular complexity index is 1130. The van der Waals surface area contributed by atoms with E-state index in [2.05, 4.69) is 27.0 Å². The van der Waals surface area contributed by atoms with Crippen LogP contribution in [0.15, 0.2) is 52.5 Å². The molecule has 0 unspecified atom stereocenters. The van der Waals surface area contributed by atoms with Gasteiger partial charge < -0.3 is 9.64 Å². The van der Waals surface area contributed by atoms with Crippen LogP contribution in [0.4, 0.5) is 0 Å². The Morgan fingerprint density at radius 3 is 2.83 bits per heavy atom. The minimum absolute atomic E-state index is 0.0142. The van der Waals surface area contributed by atoms with Crippen LogP contribution in [0.2, 0.25) is 0 Å². The maximum absolute atomic E-state index is 12.8. The summed E-state index contributed by atoms with van der Waals surface area (Å²) < 4.78 is 30.3. The molecule has 29 heavy (non-hydrogen) atoms. The van der Waals surface area contributed by atoms with Crippen LogP contribution in [0, 0.1) is 6.92 Å². The van der Waals surface area contributed by atoms with Crippen LogP contribution < -0.4 is 0 Å². The second-order valence-electron chi connectivity index (χ2n) is 7.62. The first kappa shape index (κ1) is 15.4. The number of nitrogens with zero attached hydrogens (tertiary/aromatic N) is 3. The van der Waals surface area contributed by atoms with Crippen molar-refractivity contribution in [2.45, 2.75) is 38.8 Å². The van der Waals surface area contributed by atoms with E-state index in [1.165, 1.54) is 17.3 Å². The number of hydrogen-bond donors (Lipinski definition) is 0. The second-order valence-corrected chi connectivity index (χ2v) is 8.60. The molecular weight excluding hydrogens is 382 g/mol. The van der Waals surface area contributed by atoms with Crippen molar-refractivity contribution in [3.8, 4) is 0 Å². The van der Waals surface area contributed by atoms with Crippen molar-refractivity contribution in [2.75, 3.05) is 13.1 Å². The number of hydrogen-bond acceptors (Lipinski definition) is 5. The van der Waals surface area contributed by atoms with Crippen molar-refractivity contribution >= 4 is 28.4 Å². The van der Waals surface area contributed by atoms with Crippen molar-refractivity contribution in [3.63, 3.8) is 0 Å². The lowest BCUT2D eigenvalue weighted by Crippen LogP contribution is -2.44. The molecule has 4 heterocycles. The van der Waals surface area contributed by atoms with Crippen LogP contribution in [-0.4, -0.2) is 34.0 Å². The molecule has 6 heteroatoms. The summed E-state index contributed by atoms with van der Waals surface area (Å²) in [4.78, 5) is 23.4. The number of carbonyl (C=O) groups excluding carboxylic acids is 1. The maximum Gasteiger partial charge on any atom is 0.286 e. The van der Waals surface area contributed by atoms with Crippen LogP contribution in [0.5, 0.6) is 0 Å². The van der Waals surface area contributed by atoms with Gasteiger partial charge in [0.2, 0.25) is 0 Å². The number of rotatable bonds is 1. The summed E-state index contributed by atoms with van der Waals surface area (Å²) in [7, 11) is 0. The summed E-state index contributed by atoms with van der Waals surface area (Å²) in [5.74, 6) is -0.501. The molecule has 0 aliphatic carbocycles. The zero-order valence-electron chi connectivity index (χ0n) is 19.1. The average molecular weight is 409 g/mol. The second kappa shape index (κ2) is 7.11. The van der Waals surface area contributed by atoms with E-state index >= 15 is 0 Å². The van der Waals surface area contributed by atoms with E-state index in [-0.39, 0.29) is 16.1 Å². The molecule has 148 valence electrons. The molecule has 1 aromatic carbocycles. The minimum Gasteiger partial charge on any atom is -0.365 e. The number of carbonyl (C=O) groups is 1. The number of likely N-dealkylation sites (tertiary alicyclic amines) is 1. The number of aryl methyl sites for hydroxylation is 1. The molecule has 1 spiro atoms. The molecule has 5 nitrogen and oxygen atoms in total. The molecule has 2 aromatic rings. The predicted octanol–water partition coefficient (Wildman–Crippen LogP) is 4.27. The minimum atomic E-state index is -2.45. The standard InChI is InChI=1S/C23H23N3O2S/c1-15-7-8-17(13-24-15)16(2)20-21(27)25-22(29-20)26-11-9-23(10-12-26)19-6-4-3-5-18(19)14-28-23/h3-8,13H,9-12,14H2,1-2H3/b20-16+/i2D3. The number of ether oxygens (including phenoxy) is 1. The Hall–Kier alpha value is -2.44. The van der Waals surface area contributed by atoms with Gasteiger partial charge in [0.25, 0.3) is 5.91 Å². The molecule has 0 bridgehead atoms. The molecular formula is C23H23N3O2S. The zero-order valence-corrected chi connectivity index (χ0v) is 17.0. The van der Waals surface area contributed by atoms with Gasteiger partial charge in [0, 0.05) is 29.1 Å². The van der Waals surface area contributed by atoms with E-state index in [4.69, 9.17) is 8.85 Å². The zero-order chi connectivity index (χ0) is 22.5. The van der Waals surface area contributed by atoms with Crippen LogP contribution in [0.25, 0.3) is 5.57 Å². The fourth-order valence-corrected chi connectivity index (χ4v) is 5.17. The van der Waals surface area contributed by atoms with Gasteiger partial charge in [0.05, 0.1) is 17.1 Å². The van der Waals surface area contributed by atoms with E-state index in [9.17, 15) is 4.79 Å². The number of aromatic nitrogens is 1. The van der Waals surface area contributed by atoms with Gasteiger partial charge in [-0.05, 0) is 66.7 Å². The van der Waals surface area contributed by atoms with E-state index in [1.807, 2.05) is 19.1 Å². The van der Waals surface area contributed by atoms with E-state index < -0.39 is 12.8 Å². The fraction of sp³-hybridized carbons (Fsp3) is 0.348. The number of benzene rings is 1. The third-order valence-corrected chi connectivity index (χ3v) is 6.98. The van der Waals surface area contributed by atoms with Crippen molar-refractivity contribution in [1.29, 1.82) is 0 Å². The molecule has 1 amide bonds. The van der Waals surface area contributed by atoms with E-state index in [1.54, 1.807) is 12.1 Å². The Kier molecular flexibility index (Phi) is 3.78. The lowest BCUT2D eigenvalue weighted by atomic mass is 9.84. The topological polar surface area (TPSA) is 54.8 Å². The number of piperidine rings is 1. The largest absolute Gasteiger partial charge is 0.365 e. The number of thioether (sulfide) groups is 1. The third kappa shape index (κ3) is 3.20. The summed E-state index contributed by atoms with van der Waals surface area (Å²) in [6.45, 7) is 1.39. The van der Waals surface area contributed by atoms with E-state index in [0.29, 0.717) is 30.4 Å². The molecule has 5 rings (SSSR count). The molecule has 0 radical (unpaired) electrons. The molecule has 1 saturated heterocycles. The quantitative estimate of drug-likeness (QED) is 0.660. The summed E-state index contributed by atoms with van der Waals surface area (Å²) in [6.07, 6.45) is 3.10. The van der Waals surface area contributed by atoms with Gasteiger partial charge in [0.15, 0.2) is 5.17 Å². The SMILES string of the molecule is [2H]C([2H])([2H])/C(=C1\SC(N2CCC3(CC2)OCc2ccccc23)=NC1=O)c1ccc(C)nc1. The number of amidine groups is 1. The summed E-state index contributed by atoms with van der Waals surface area (Å²) in [5.41, 5.74) is 3.44. The fourth-order valence-electron chi connectivity index (χ4n) is 4.19. The molecule has 3 aliphatic rings. The Morgan fingerprint density at radius 1 is 1.24 bits per heavy atom. The highest BCUT2D eigenvalue weighted by Gasteiger charge is 2.43. The smallest absolute Gasteiger partial charge is 0.286 e. The summed E-state index contributed by atoms with van der Waals surface area (Å²) in [6, 6.07) is 11.8.